The molecule has 1 aliphatic carbocycles. The van der Waals surface area contributed by atoms with E-state index in [-0.39, 0.29) is 23.3 Å². The van der Waals surface area contributed by atoms with Crippen LogP contribution in [0, 0.1) is 0 Å². The second kappa shape index (κ2) is 12.4. The number of carbonyl (C=O) groups is 1. The van der Waals surface area contributed by atoms with Crippen LogP contribution in [0.25, 0.3) is 10.8 Å². The Hall–Kier alpha value is -2.92. The molecule has 42 heavy (non-hydrogen) atoms. The zero-order valence-corrected chi connectivity index (χ0v) is 25.5. The lowest BCUT2D eigenvalue weighted by molar-refractivity contribution is -0.134. The fourth-order valence-electron chi connectivity index (χ4n) is 6.97. The Labute approximate surface area is 249 Å². The summed E-state index contributed by atoms with van der Waals surface area (Å²) in [5.41, 5.74) is 0.864. The number of sulfonamides is 1. The maximum Gasteiger partial charge on any atom is 0.243 e. The maximum atomic E-state index is 14.2. The molecule has 1 saturated heterocycles. The Bertz CT molecular complexity index is 1520. The third-order valence-electron chi connectivity index (χ3n) is 9.31. The van der Waals surface area contributed by atoms with E-state index in [4.69, 9.17) is 9.47 Å². The van der Waals surface area contributed by atoms with Gasteiger partial charge in [-0.2, -0.15) is 4.31 Å². The Morgan fingerprint density at radius 3 is 2.62 bits per heavy atom. The van der Waals surface area contributed by atoms with Crippen LogP contribution in [0.3, 0.4) is 0 Å². The molecule has 1 amide bonds. The number of rotatable bonds is 8. The lowest BCUT2D eigenvalue weighted by Gasteiger charge is -2.42. The molecule has 3 atom stereocenters. The summed E-state index contributed by atoms with van der Waals surface area (Å²) in [6.07, 6.45) is 6.26. The van der Waals surface area contributed by atoms with Gasteiger partial charge >= 0.3 is 0 Å². The monoisotopic (exact) mass is 594 g/mol. The first-order chi connectivity index (χ1) is 20.3. The van der Waals surface area contributed by atoms with Crippen molar-refractivity contribution < 1.29 is 22.7 Å². The maximum absolute atomic E-state index is 14.2. The fraction of sp³-hybridized carbons (Fsp3) is 0.531. The summed E-state index contributed by atoms with van der Waals surface area (Å²) in [6, 6.07) is 14.8. The van der Waals surface area contributed by atoms with Crippen LogP contribution in [0.4, 0.5) is 0 Å². The van der Waals surface area contributed by atoms with Gasteiger partial charge in [0.2, 0.25) is 15.9 Å². The van der Waals surface area contributed by atoms with E-state index in [2.05, 4.69) is 9.47 Å². The largest absolute Gasteiger partial charge is 0.494 e. The molecule has 0 N–H and O–H groups in total. The second-order valence-corrected chi connectivity index (χ2v) is 13.6. The summed E-state index contributed by atoms with van der Waals surface area (Å²) < 4.78 is 43.1. The van der Waals surface area contributed by atoms with Crippen LogP contribution in [0.1, 0.15) is 50.8 Å². The summed E-state index contributed by atoms with van der Waals surface area (Å²) in [5.74, 6) is 0.749. The predicted octanol–water partition coefficient (Wildman–Crippen LogP) is 4.28. The third kappa shape index (κ3) is 5.82. The van der Waals surface area contributed by atoms with Gasteiger partial charge in [-0.25, -0.2) is 8.42 Å². The van der Waals surface area contributed by atoms with Gasteiger partial charge in [0.25, 0.3) is 0 Å². The zero-order chi connectivity index (χ0) is 29.3. The van der Waals surface area contributed by atoms with Crippen molar-refractivity contribution >= 4 is 26.7 Å². The van der Waals surface area contributed by atoms with Gasteiger partial charge in [0.15, 0.2) is 0 Å². The van der Waals surface area contributed by atoms with Crippen molar-refractivity contribution in [3.05, 3.63) is 60.4 Å². The second-order valence-electron chi connectivity index (χ2n) is 11.7. The van der Waals surface area contributed by atoms with Gasteiger partial charge in [0.05, 0.1) is 30.8 Å². The molecular weight excluding hydrogens is 552 g/mol. The van der Waals surface area contributed by atoms with E-state index in [1.54, 1.807) is 16.4 Å². The molecule has 0 spiro atoms. The first-order valence-corrected chi connectivity index (χ1v) is 16.7. The molecule has 0 radical (unpaired) electrons. The number of hydrogen-bond acceptors (Lipinski definition) is 6. The molecule has 226 valence electrons. The highest BCUT2D eigenvalue weighted by atomic mass is 32.2. The standard InChI is InChI=1S/C32H42N4O5S/c1-3-41-28-11-9-25-21-29(12-10-24(25)20-28)42(38,39)36-15-14-35-13-5-8-30(35)31(36)23-32(37)33(2)26-6-4-7-27(22-26)34-16-18-40-19-17-34/h5,8-13,20-21,26-27,31H,3-4,6-7,14-19,22-23H2,1-2H3. The van der Waals surface area contributed by atoms with Gasteiger partial charge in [0, 0.05) is 63.6 Å². The normalized spacial score (nSPS) is 23.9. The minimum Gasteiger partial charge on any atom is -0.494 e. The van der Waals surface area contributed by atoms with Crippen molar-refractivity contribution in [2.75, 3.05) is 46.5 Å². The summed E-state index contributed by atoms with van der Waals surface area (Å²) >= 11 is 0. The van der Waals surface area contributed by atoms with Crippen molar-refractivity contribution in [3.63, 3.8) is 0 Å². The van der Waals surface area contributed by atoms with E-state index in [9.17, 15) is 13.2 Å². The van der Waals surface area contributed by atoms with Gasteiger partial charge < -0.3 is 18.9 Å². The van der Waals surface area contributed by atoms with Crippen molar-refractivity contribution in [1.82, 2.24) is 18.7 Å². The first-order valence-electron chi connectivity index (χ1n) is 15.3. The Balaban J connectivity index is 1.22. The molecule has 9 nitrogen and oxygen atoms in total. The van der Waals surface area contributed by atoms with E-state index < -0.39 is 16.1 Å². The molecule has 10 heteroatoms. The highest BCUT2D eigenvalue weighted by Gasteiger charge is 2.39. The zero-order valence-electron chi connectivity index (χ0n) is 24.7. The SMILES string of the molecule is CCOc1ccc2cc(S(=O)(=O)N3CCn4cccc4C3CC(=O)N(C)C3CCCC(N4CCOCC4)C3)ccc2c1. The van der Waals surface area contributed by atoms with E-state index in [0.717, 1.165) is 74.2 Å². The molecule has 3 heterocycles. The summed E-state index contributed by atoms with van der Waals surface area (Å²) in [5, 5.41) is 1.75. The molecule has 0 bridgehead atoms. The van der Waals surface area contributed by atoms with E-state index >= 15 is 0 Å². The minimum atomic E-state index is -3.86. The molecule has 3 unspecified atom stereocenters. The molecule has 2 aliphatic heterocycles. The van der Waals surface area contributed by atoms with Crippen molar-refractivity contribution in [2.45, 2.75) is 68.6 Å². The van der Waals surface area contributed by atoms with Gasteiger partial charge in [-0.3, -0.25) is 9.69 Å². The van der Waals surface area contributed by atoms with Crippen LogP contribution in [-0.4, -0.2) is 91.6 Å². The minimum absolute atomic E-state index is 0.00978. The van der Waals surface area contributed by atoms with Crippen LogP contribution >= 0.6 is 0 Å². The lowest BCUT2D eigenvalue weighted by atomic mass is 9.88. The Morgan fingerprint density at radius 2 is 1.81 bits per heavy atom. The van der Waals surface area contributed by atoms with Crippen LogP contribution in [0.15, 0.2) is 59.6 Å². The van der Waals surface area contributed by atoms with E-state index in [0.29, 0.717) is 25.7 Å². The van der Waals surface area contributed by atoms with E-state index in [1.807, 2.05) is 61.5 Å². The number of nitrogens with zero attached hydrogens (tertiary/aromatic N) is 4. The number of aromatic nitrogens is 1. The van der Waals surface area contributed by atoms with Gasteiger partial charge in [-0.1, -0.05) is 12.1 Å². The van der Waals surface area contributed by atoms with Crippen molar-refractivity contribution in [1.29, 1.82) is 0 Å². The third-order valence-corrected chi connectivity index (χ3v) is 11.2. The molecule has 1 saturated carbocycles. The number of ether oxygens (including phenoxy) is 2. The highest BCUT2D eigenvalue weighted by molar-refractivity contribution is 7.89. The molecule has 2 aromatic carbocycles. The highest BCUT2D eigenvalue weighted by Crippen LogP contribution is 2.36. The topological polar surface area (TPSA) is 84.3 Å². The van der Waals surface area contributed by atoms with Crippen LogP contribution < -0.4 is 4.74 Å². The smallest absolute Gasteiger partial charge is 0.243 e. The Kier molecular flexibility index (Phi) is 8.58. The van der Waals surface area contributed by atoms with Crippen LogP contribution in [-0.2, 0) is 26.1 Å². The molecule has 3 aliphatic rings. The molecule has 1 aromatic heterocycles. The molecule has 6 rings (SSSR count). The number of amides is 1. The quantitative estimate of drug-likeness (QED) is 0.387. The average molecular weight is 595 g/mol. The summed E-state index contributed by atoms with van der Waals surface area (Å²) in [7, 11) is -1.97. The van der Waals surface area contributed by atoms with Crippen LogP contribution in [0.2, 0.25) is 0 Å². The van der Waals surface area contributed by atoms with Gasteiger partial charge in [-0.05, 0) is 79.8 Å². The molecular formula is C32H42N4O5S. The van der Waals surface area contributed by atoms with E-state index in [1.165, 1.54) is 0 Å². The fourth-order valence-corrected chi connectivity index (χ4v) is 8.60. The van der Waals surface area contributed by atoms with Gasteiger partial charge in [0.1, 0.15) is 5.75 Å². The van der Waals surface area contributed by atoms with Crippen molar-refractivity contribution in [2.24, 2.45) is 0 Å². The number of fused-ring (bicyclic) bond motifs is 2. The lowest BCUT2D eigenvalue weighted by Crippen LogP contribution is -2.50. The predicted molar refractivity (Wildman–Crippen MR) is 162 cm³/mol. The van der Waals surface area contributed by atoms with Crippen molar-refractivity contribution in [3.8, 4) is 5.75 Å². The average Bonchev–Trinajstić information content (AvgIpc) is 3.51. The Morgan fingerprint density at radius 1 is 1.02 bits per heavy atom. The van der Waals surface area contributed by atoms with Gasteiger partial charge in [-0.15, -0.1) is 0 Å². The van der Waals surface area contributed by atoms with Crippen LogP contribution in [0.5, 0.6) is 5.75 Å². The first kappa shape index (κ1) is 29.2. The number of benzene rings is 2. The number of hydrogen-bond donors (Lipinski definition) is 0. The number of morpholine rings is 1. The molecule has 2 fully saturated rings. The summed E-state index contributed by atoms with van der Waals surface area (Å²) in [4.78, 5) is 18.5. The summed E-state index contributed by atoms with van der Waals surface area (Å²) in [6.45, 7) is 6.81. The molecule has 3 aromatic rings. The number of carbonyl (C=O) groups excluding carboxylic acids is 1.